The Morgan fingerprint density at radius 1 is 1.47 bits per heavy atom. The molecular formula is C11H9N3O3S2. The molecule has 1 aromatic heterocycles. The normalized spacial score (nSPS) is 10.1. The first-order valence-corrected chi connectivity index (χ1v) is 7.09. The highest BCUT2D eigenvalue weighted by Gasteiger charge is 2.14. The molecule has 1 N–H and O–H groups in total. The van der Waals surface area contributed by atoms with E-state index in [2.05, 4.69) is 10.3 Å². The van der Waals surface area contributed by atoms with Gasteiger partial charge in [-0.3, -0.25) is 14.9 Å². The summed E-state index contributed by atoms with van der Waals surface area (Å²) < 4.78 is 0. The van der Waals surface area contributed by atoms with Crippen molar-refractivity contribution in [2.45, 2.75) is 4.90 Å². The van der Waals surface area contributed by atoms with Crippen LogP contribution in [0.1, 0.15) is 0 Å². The average Bonchev–Trinajstić information content (AvgIpc) is 2.89. The molecule has 0 fully saturated rings. The molecule has 0 aliphatic rings. The van der Waals surface area contributed by atoms with E-state index in [1.807, 2.05) is 0 Å². The zero-order chi connectivity index (χ0) is 13.7. The lowest BCUT2D eigenvalue weighted by molar-refractivity contribution is -0.387. The Hall–Kier alpha value is -1.93. The van der Waals surface area contributed by atoms with Gasteiger partial charge in [0.2, 0.25) is 5.91 Å². The van der Waals surface area contributed by atoms with Gasteiger partial charge in [0.15, 0.2) is 5.13 Å². The highest BCUT2D eigenvalue weighted by atomic mass is 32.2. The van der Waals surface area contributed by atoms with Crippen LogP contribution in [-0.4, -0.2) is 21.6 Å². The van der Waals surface area contributed by atoms with Crippen LogP contribution in [0.3, 0.4) is 0 Å². The molecule has 0 spiro atoms. The number of rotatable bonds is 5. The second-order valence-electron chi connectivity index (χ2n) is 3.40. The highest BCUT2D eigenvalue weighted by Crippen LogP contribution is 2.28. The second-order valence-corrected chi connectivity index (χ2v) is 5.31. The quantitative estimate of drug-likeness (QED) is 0.521. The summed E-state index contributed by atoms with van der Waals surface area (Å²) >= 11 is 2.45. The summed E-state index contributed by atoms with van der Waals surface area (Å²) in [6.07, 6.45) is 1.59. The number of benzene rings is 1. The minimum Gasteiger partial charge on any atom is -0.301 e. The summed E-state index contributed by atoms with van der Waals surface area (Å²) in [5.41, 5.74) is 0.00884. The number of hydrogen-bond donors (Lipinski definition) is 1. The van der Waals surface area contributed by atoms with Crippen molar-refractivity contribution in [3.8, 4) is 0 Å². The summed E-state index contributed by atoms with van der Waals surface area (Å²) in [4.78, 5) is 26.4. The number of para-hydroxylation sites is 1. The Morgan fingerprint density at radius 3 is 2.95 bits per heavy atom. The van der Waals surface area contributed by atoms with Gasteiger partial charge in [-0.2, -0.15) is 0 Å². The maximum absolute atomic E-state index is 11.6. The van der Waals surface area contributed by atoms with Gasteiger partial charge in [-0.25, -0.2) is 4.98 Å². The third-order valence-corrected chi connectivity index (χ3v) is 3.85. The number of carbonyl (C=O) groups excluding carboxylic acids is 1. The Balaban J connectivity index is 1.95. The van der Waals surface area contributed by atoms with Gasteiger partial charge in [-0.05, 0) is 6.07 Å². The van der Waals surface area contributed by atoms with Crippen molar-refractivity contribution in [1.82, 2.24) is 4.98 Å². The molecule has 98 valence electrons. The van der Waals surface area contributed by atoms with Crippen molar-refractivity contribution < 1.29 is 9.72 Å². The predicted molar refractivity (Wildman–Crippen MR) is 74.6 cm³/mol. The number of carbonyl (C=O) groups is 1. The lowest BCUT2D eigenvalue weighted by Gasteiger charge is -2.02. The molecule has 6 nitrogen and oxygen atoms in total. The molecule has 19 heavy (non-hydrogen) atoms. The zero-order valence-electron chi connectivity index (χ0n) is 9.61. The van der Waals surface area contributed by atoms with Gasteiger partial charge in [-0.1, -0.05) is 12.1 Å². The fourth-order valence-corrected chi connectivity index (χ4v) is 2.68. The van der Waals surface area contributed by atoms with E-state index in [4.69, 9.17) is 0 Å². The van der Waals surface area contributed by atoms with E-state index < -0.39 is 4.92 Å². The van der Waals surface area contributed by atoms with E-state index in [9.17, 15) is 14.9 Å². The van der Waals surface area contributed by atoms with Crippen LogP contribution in [0, 0.1) is 10.1 Å². The Labute approximate surface area is 117 Å². The molecule has 0 unspecified atom stereocenters. The van der Waals surface area contributed by atoms with Gasteiger partial charge in [0.25, 0.3) is 5.69 Å². The first-order chi connectivity index (χ1) is 9.16. The van der Waals surface area contributed by atoms with Crippen molar-refractivity contribution >= 4 is 39.8 Å². The monoisotopic (exact) mass is 295 g/mol. The van der Waals surface area contributed by atoms with Crippen molar-refractivity contribution in [3.05, 3.63) is 46.0 Å². The first-order valence-electron chi connectivity index (χ1n) is 5.22. The molecule has 0 aliphatic carbocycles. The fourth-order valence-electron chi connectivity index (χ4n) is 1.31. The van der Waals surface area contributed by atoms with E-state index in [1.54, 1.807) is 29.8 Å². The number of thiazole rings is 1. The molecule has 2 aromatic rings. The third-order valence-electron chi connectivity index (χ3n) is 2.10. The molecular weight excluding hydrogens is 286 g/mol. The van der Waals surface area contributed by atoms with E-state index >= 15 is 0 Å². The number of nitrogens with one attached hydrogen (secondary N) is 1. The van der Waals surface area contributed by atoms with Crippen LogP contribution in [-0.2, 0) is 4.79 Å². The summed E-state index contributed by atoms with van der Waals surface area (Å²) in [5.74, 6) is -0.136. The van der Waals surface area contributed by atoms with E-state index in [1.165, 1.54) is 17.4 Å². The fraction of sp³-hybridized carbons (Fsp3) is 0.0909. The highest BCUT2D eigenvalue weighted by molar-refractivity contribution is 8.00. The molecule has 0 saturated carbocycles. The molecule has 0 aliphatic heterocycles. The number of anilines is 1. The molecule has 0 atom stereocenters. The molecule has 1 amide bonds. The third kappa shape index (κ3) is 3.76. The van der Waals surface area contributed by atoms with Crippen molar-refractivity contribution in [2.24, 2.45) is 0 Å². The molecule has 0 saturated heterocycles. The van der Waals surface area contributed by atoms with Gasteiger partial charge in [-0.15, -0.1) is 23.1 Å². The number of amides is 1. The van der Waals surface area contributed by atoms with E-state index in [0.29, 0.717) is 10.0 Å². The summed E-state index contributed by atoms with van der Waals surface area (Å²) in [6, 6.07) is 6.34. The molecule has 0 bridgehead atoms. The zero-order valence-corrected chi connectivity index (χ0v) is 11.2. The maximum Gasteiger partial charge on any atom is 0.282 e. The minimum absolute atomic E-state index is 0.00884. The second kappa shape index (κ2) is 6.30. The van der Waals surface area contributed by atoms with E-state index in [0.717, 1.165) is 11.8 Å². The lowest BCUT2D eigenvalue weighted by atomic mass is 10.3. The van der Waals surface area contributed by atoms with E-state index in [-0.39, 0.29) is 17.3 Å². The molecule has 2 rings (SSSR count). The molecule has 1 heterocycles. The Bertz CT molecular complexity index is 587. The van der Waals surface area contributed by atoms with Crippen LogP contribution in [0.5, 0.6) is 0 Å². The average molecular weight is 295 g/mol. The van der Waals surface area contributed by atoms with Gasteiger partial charge in [0.05, 0.1) is 15.6 Å². The van der Waals surface area contributed by atoms with Gasteiger partial charge >= 0.3 is 0 Å². The standard InChI is InChI=1S/C11H9N3O3S2/c15-10(13-11-12-5-6-18-11)7-19-9-4-2-1-3-8(9)14(16)17/h1-6H,7H2,(H,12,13,15). The molecule has 8 heteroatoms. The van der Waals surface area contributed by atoms with Crippen molar-refractivity contribution in [3.63, 3.8) is 0 Å². The lowest BCUT2D eigenvalue weighted by Crippen LogP contribution is -2.13. The van der Waals surface area contributed by atoms with Crippen LogP contribution in [0.25, 0.3) is 0 Å². The Morgan fingerprint density at radius 2 is 2.26 bits per heavy atom. The largest absolute Gasteiger partial charge is 0.301 e. The van der Waals surface area contributed by atoms with Crippen LogP contribution in [0.4, 0.5) is 10.8 Å². The van der Waals surface area contributed by atoms with Crippen LogP contribution in [0.2, 0.25) is 0 Å². The number of nitrogens with zero attached hydrogens (tertiary/aromatic N) is 2. The van der Waals surface area contributed by atoms with Crippen LogP contribution in [0.15, 0.2) is 40.7 Å². The van der Waals surface area contributed by atoms with Gasteiger partial charge in [0, 0.05) is 17.6 Å². The predicted octanol–water partition coefficient (Wildman–Crippen LogP) is 2.78. The number of hydrogen-bond acceptors (Lipinski definition) is 6. The van der Waals surface area contributed by atoms with Gasteiger partial charge in [0.1, 0.15) is 0 Å². The summed E-state index contributed by atoms with van der Waals surface area (Å²) in [7, 11) is 0. The van der Waals surface area contributed by atoms with Crippen LogP contribution < -0.4 is 5.32 Å². The summed E-state index contributed by atoms with van der Waals surface area (Å²) in [5, 5.41) is 15.7. The number of nitro groups is 1. The summed E-state index contributed by atoms with van der Waals surface area (Å²) in [6.45, 7) is 0. The maximum atomic E-state index is 11.6. The molecule has 0 radical (unpaired) electrons. The SMILES string of the molecule is O=C(CSc1ccccc1[N+](=O)[O-])Nc1nccs1. The van der Waals surface area contributed by atoms with Gasteiger partial charge < -0.3 is 5.32 Å². The number of nitro benzene ring substituents is 1. The van der Waals surface area contributed by atoms with Crippen molar-refractivity contribution in [2.75, 3.05) is 11.1 Å². The topological polar surface area (TPSA) is 85.1 Å². The number of thioether (sulfide) groups is 1. The minimum atomic E-state index is -0.457. The number of aromatic nitrogens is 1. The van der Waals surface area contributed by atoms with Crippen molar-refractivity contribution in [1.29, 1.82) is 0 Å². The molecule has 1 aromatic carbocycles. The van der Waals surface area contributed by atoms with Crippen LogP contribution >= 0.6 is 23.1 Å². The Kier molecular flexibility index (Phi) is 4.48. The first kappa shape index (κ1) is 13.5. The smallest absolute Gasteiger partial charge is 0.282 e.